The molecule has 0 amide bonds. The Kier molecular flexibility index (Phi) is 9.57. The average molecular weight is 344 g/mol. The topological polar surface area (TPSA) is 71.1 Å². The smallest absolute Gasteiger partial charge is 0.434 e. The summed E-state index contributed by atoms with van der Waals surface area (Å²) in [6, 6.07) is 0. The molecular formula is C18H32O6. The predicted molar refractivity (Wildman–Crippen MR) is 89.8 cm³/mol. The lowest BCUT2D eigenvalue weighted by Crippen LogP contribution is -2.30. The molecule has 24 heavy (non-hydrogen) atoms. The first-order chi connectivity index (χ1) is 11.4. The SMILES string of the molecule is CC(C)CCCOC(=O)OC1CCC(OC(=O)OCC(C)C)CC1. The summed E-state index contributed by atoms with van der Waals surface area (Å²) in [6.45, 7) is 8.97. The van der Waals surface area contributed by atoms with Crippen LogP contribution in [0.15, 0.2) is 0 Å². The maximum Gasteiger partial charge on any atom is 0.508 e. The zero-order valence-electron chi connectivity index (χ0n) is 15.4. The van der Waals surface area contributed by atoms with Gasteiger partial charge in [-0.25, -0.2) is 9.59 Å². The van der Waals surface area contributed by atoms with Crippen molar-refractivity contribution in [2.24, 2.45) is 11.8 Å². The fraction of sp³-hybridized carbons (Fsp3) is 0.889. The van der Waals surface area contributed by atoms with E-state index < -0.39 is 12.3 Å². The summed E-state index contributed by atoms with van der Waals surface area (Å²) in [5.41, 5.74) is 0. The molecule has 0 spiro atoms. The number of ether oxygens (including phenoxy) is 4. The molecular weight excluding hydrogens is 312 g/mol. The van der Waals surface area contributed by atoms with Gasteiger partial charge >= 0.3 is 12.3 Å². The van der Waals surface area contributed by atoms with Crippen LogP contribution in [0.1, 0.15) is 66.2 Å². The molecule has 0 radical (unpaired) electrons. The van der Waals surface area contributed by atoms with Gasteiger partial charge in [0.2, 0.25) is 0 Å². The fourth-order valence-corrected chi connectivity index (χ4v) is 2.49. The fourth-order valence-electron chi connectivity index (χ4n) is 2.49. The van der Waals surface area contributed by atoms with Gasteiger partial charge in [-0.1, -0.05) is 27.7 Å². The Bertz CT molecular complexity index is 372. The second-order valence-electron chi connectivity index (χ2n) is 7.22. The summed E-state index contributed by atoms with van der Waals surface area (Å²) in [5.74, 6) is 0.889. The van der Waals surface area contributed by atoms with Crippen LogP contribution in [0, 0.1) is 11.8 Å². The Morgan fingerprint density at radius 1 is 0.833 bits per heavy atom. The third kappa shape index (κ3) is 9.63. The summed E-state index contributed by atoms with van der Waals surface area (Å²) in [4.78, 5) is 23.1. The highest BCUT2D eigenvalue weighted by molar-refractivity contribution is 5.60. The van der Waals surface area contributed by atoms with Crippen molar-refractivity contribution in [2.45, 2.75) is 78.4 Å². The Balaban J connectivity index is 2.12. The summed E-state index contributed by atoms with van der Waals surface area (Å²) >= 11 is 0. The maximum atomic E-state index is 11.6. The second kappa shape index (κ2) is 11.2. The number of carbonyl (C=O) groups excluding carboxylic acids is 2. The first-order valence-electron chi connectivity index (χ1n) is 9.03. The maximum absolute atomic E-state index is 11.6. The van der Waals surface area contributed by atoms with Gasteiger partial charge in [0.1, 0.15) is 12.2 Å². The van der Waals surface area contributed by atoms with Crippen molar-refractivity contribution in [2.75, 3.05) is 13.2 Å². The number of hydrogen-bond acceptors (Lipinski definition) is 6. The lowest BCUT2D eigenvalue weighted by molar-refractivity contribution is -0.0286. The van der Waals surface area contributed by atoms with Crippen LogP contribution in [0.25, 0.3) is 0 Å². The quantitative estimate of drug-likeness (QED) is 0.469. The molecule has 1 saturated carbocycles. The highest BCUT2D eigenvalue weighted by Gasteiger charge is 2.27. The molecule has 0 bridgehead atoms. The molecule has 6 heteroatoms. The van der Waals surface area contributed by atoms with Gasteiger partial charge in [0.05, 0.1) is 13.2 Å². The van der Waals surface area contributed by atoms with Crippen LogP contribution in [0.2, 0.25) is 0 Å². The molecule has 0 heterocycles. The largest absolute Gasteiger partial charge is 0.508 e. The van der Waals surface area contributed by atoms with Crippen molar-refractivity contribution < 1.29 is 28.5 Å². The van der Waals surface area contributed by atoms with E-state index in [4.69, 9.17) is 18.9 Å². The minimum absolute atomic E-state index is 0.158. The molecule has 6 nitrogen and oxygen atoms in total. The van der Waals surface area contributed by atoms with Gasteiger partial charge in [-0.3, -0.25) is 0 Å². The van der Waals surface area contributed by atoms with Crippen LogP contribution >= 0.6 is 0 Å². The van der Waals surface area contributed by atoms with Crippen LogP contribution < -0.4 is 0 Å². The average Bonchev–Trinajstić information content (AvgIpc) is 2.51. The summed E-state index contributed by atoms with van der Waals surface area (Å²) in [5, 5.41) is 0. The number of rotatable bonds is 8. The van der Waals surface area contributed by atoms with E-state index in [0.29, 0.717) is 44.8 Å². The molecule has 1 rings (SSSR count). The molecule has 140 valence electrons. The van der Waals surface area contributed by atoms with E-state index in [1.165, 1.54) is 0 Å². The minimum atomic E-state index is -0.613. The molecule has 0 N–H and O–H groups in total. The molecule has 1 aliphatic carbocycles. The molecule has 0 saturated heterocycles. The van der Waals surface area contributed by atoms with Crippen LogP contribution in [0.4, 0.5) is 9.59 Å². The molecule has 1 fully saturated rings. The van der Waals surface area contributed by atoms with Crippen molar-refractivity contribution in [3.8, 4) is 0 Å². The molecule has 1 aliphatic rings. The van der Waals surface area contributed by atoms with Gasteiger partial charge in [-0.15, -0.1) is 0 Å². The van der Waals surface area contributed by atoms with Gasteiger partial charge in [0.15, 0.2) is 0 Å². The summed E-state index contributed by atoms with van der Waals surface area (Å²) < 4.78 is 20.6. The number of hydrogen-bond donors (Lipinski definition) is 0. The van der Waals surface area contributed by atoms with Crippen molar-refractivity contribution in [3.63, 3.8) is 0 Å². The number of carbonyl (C=O) groups is 2. The van der Waals surface area contributed by atoms with E-state index in [9.17, 15) is 9.59 Å². The predicted octanol–water partition coefficient (Wildman–Crippen LogP) is 4.70. The normalized spacial score (nSPS) is 20.8. The Labute approximate surface area is 145 Å². The van der Waals surface area contributed by atoms with Crippen molar-refractivity contribution in [3.05, 3.63) is 0 Å². The van der Waals surface area contributed by atoms with E-state index in [1.54, 1.807) is 0 Å². The van der Waals surface area contributed by atoms with E-state index in [1.807, 2.05) is 13.8 Å². The third-order valence-electron chi connectivity index (χ3n) is 3.83. The van der Waals surface area contributed by atoms with Gasteiger partial charge in [0, 0.05) is 0 Å². The lowest BCUT2D eigenvalue weighted by Gasteiger charge is -2.27. The first-order valence-corrected chi connectivity index (χ1v) is 9.03. The van der Waals surface area contributed by atoms with Gasteiger partial charge < -0.3 is 18.9 Å². The van der Waals surface area contributed by atoms with E-state index in [0.717, 1.165) is 12.8 Å². The van der Waals surface area contributed by atoms with Crippen LogP contribution in [0.5, 0.6) is 0 Å². The third-order valence-corrected chi connectivity index (χ3v) is 3.83. The van der Waals surface area contributed by atoms with E-state index in [2.05, 4.69) is 13.8 Å². The Morgan fingerprint density at radius 2 is 1.33 bits per heavy atom. The molecule has 0 aromatic rings. The highest BCUT2D eigenvalue weighted by atomic mass is 16.7. The standard InChI is InChI=1S/C18H32O6/c1-13(2)6-5-11-21-17(19)23-15-7-9-16(10-8-15)24-18(20)22-12-14(3)4/h13-16H,5-12H2,1-4H3. The van der Waals surface area contributed by atoms with Crippen molar-refractivity contribution >= 4 is 12.3 Å². The Hall–Kier alpha value is -1.46. The summed E-state index contributed by atoms with van der Waals surface area (Å²) in [6.07, 6.45) is 3.03. The van der Waals surface area contributed by atoms with E-state index in [-0.39, 0.29) is 18.1 Å². The first kappa shape index (κ1) is 20.6. The molecule has 0 atom stereocenters. The lowest BCUT2D eigenvalue weighted by atomic mass is 9.95. The van der Waals surface area contributed by atoms with Crippen LogP contribution in [0.3, 0.4) is 0 Å². The molecule has 0 aliphatic heterocycles. The van der Waals surface area contributed by atoms with Gasteiger partial charge in [-0.05, 0) is 50.4 Å². The zero-order valence-corrected chi connectivity index (χ0v) is 15.4. The monoisotopic (exact) mass is 344 g/mol. The van der Waals surface area contributed by atoms with Gasteiger partial charge in [-0.2, -0.15) is 0 Å². The minimum Gasteiger partial charge on any atom is -0.434 e. The van der Waals surface area contributed by atoms with Crippen molar-refractivity contribution in [1.82, 2.24) is 0 Å². The van der Waals surface area contributed by atoms with Crippen molar-refractivity contribution in [1.29, 1.82) is 0 Å². The second-order valence-corrected chi connectivity index (χ2v) is 7.22. The van der Waals surface area contributed by atoms with Crippen LogP contribution in [-0.2, 0) is 18.9 Å². The Morgan fingerprint density at radius 3 is 1.79 bits per heavy atom. The molecule has 0 aromatic carbocycles. The summed E-state index contributed by atoms with van der Waals surface area (Å²) in [7, 11) is 0. The van der Waals surface area contributed by atoms with Gasteiger partial charge in [0.25, 0.3) is 0 Å². The molecule has 0 aromatic heterocycles. The van der Waals surface area contributed by atoms with Crippen LogP contribution in [-0.4, -0.2) is 37.7 Å². The highest BCUT2D eigenvalue weighted by Crippen LogP contribution is 2.24. The molecule has 0 unspecified atom stereocenters. The van der Waals surface area contributed by atoms with E-state index >= 15 is 0 Å². The zero-order chi connectivity index (χ0) is 17.9.